The molecule has 0 atom stereocenters. The lowest BCUT2D eigenvalue weighted by Crippen LogP contribution is -2.33. The second-order valence-electron chi connectivity index (χ2n) is 4.60. The van der Waals surface area contributed by atoms with Crippen LogP contribution in [0.1, 0.15) is 11.4 Å². The van der Waals surface area contributed by atoms with Gasteiger partial charge in [0.15, 0.2) is 4.73 Å². The average molecular weight is 397 g/mol. The second-order valence-corrected chi connectivity index (χ2v) is 6.56. The Morgan fingerprint density at radius 3 is 2.50 bits per heavy atom. The minimum atomic E-state index is 0.547. The second kappa shape index (κ2) is 5.81. The summed E-state index contributed by atoms with van der Waals surface area (Å²) in [5, 5.41) is 9.90. The Hall–Kier alpha value is -0.330. The third kappa shape index (κ3) is 2.83. The van der Waals surface area contributed by atoms with Crippen LogP contribution in [0.4, 0.5) is 0 Å². The predicted octanol–water partition coefficient (Wildman–Crippen LogP) is 4.02. The van der Waals surface area contributed by atoms with Gasteiger partial charge in [0.1, 0.15) is 5.82 Å². The van der Waals surface area contributed by atoms with E-state index in [1.54, 1.807) is 12.1 Å². The van der Waals surface area contributed by atoms with Gasteiger partial charge in [0, 0.05) is 40.3 Å². The van der Waals surface area contributed by atoms with E-state index in [1.807, 2.05) is 0 Å². The van der Waals surface area contributed by atoms with Gasteiger partial charge in [-0.2, -0.15) is 0 Å². The van der Waals surface area contributed by atoms with Gasteiger partial charge >= 0.3 is 0 Å². The topological polar surface area (TPSA) is 34.0 Å². The highest BCUT2D eigenvalue weighted by atomic mass is 79.9. The first-order valence-electron chi connectivity index (χ1n) is 5.98. The number of aromatic nitrogens is 3. The summed E-state index contributed by atoms with van der Waals surface area (Å²) in [7, 11) is 0. The molecule has 0 spiro atoms. The first kappa shape index (κ1) is 14.6. The van der Waals surface area contributed by atoms with Crippen LogP contribution in [0.25, 0.3) is 0 Å². The van der Waals surface area contributed by atoms with Gasteiger partial charge in [-0.05, 0) is 28.1 Å². The molecular weight excluding hydrogens is 386 g/mol. The molecular formula is C12H10BrCl3N4. The Balaban J connectivity index is 1.80. The van der Waals surface area contributed by atoms with Gasteiger partial charge < -0.3 is 4.57 Å². The molecule has 106 valence electrons. The average Bonchev–Trinajstić information content (AvgIpc) is 2.75. The molecule has 2 heterocycles. The maximum absolute atomic E-state index is 6.22. The fourth-order valence-corrected chi connectivity index (χ4v) is 3.65. The minimum absolute atomic E-state index is 0.547. The van der Waals surface area contributed by atoms with E-state index >= 15 is 0 Å². The van der Waals surface area contributed by atoms with Crippen molar-refractivity contribution < 1.29 is 0 Å². The summed E-state index contributed by atoms with van der Waals surface area (Å²) in [6, 6.07) is 3.43. The van der Waals surface area contributed by atoms with Gasteiger partial charge in [-0.1, -0.05) is 34.8 Å². The molecule has 3 rings (SSSR count). The van der Waals surface area contributed by atoms with Crippen LogP contribution in [0.5, 0.6) is 0 Å². The van der Waals surface area contributed by atoms with Crippen molar-refractivity contribution in [1.82, 2.24) is 19.7 Å². The van der Waals surface area contributed by atoms with Gasteiger partial charge in [0.2, 0.25) is 0 Å². The quantitative estimate of drug-likeness (QED) is 0.769. The Bertz CT molecular complexity index is 635. The number of benzene rings is 1. The highest BCUT2D eigenvalue weighted by Gasteiger charge is 2.21. The van der Waals surface area contributed by atoms with Gasteiger partial charge in [-0.15, -0.1) is 10.2 Å². The van der Waals surface area contributed by atoms with Crippen LogP contribution < -0.4 is 0 Å². The van der Waals surface area contributed by atoms with E-state index < -0.39 is 0 Å². The minimum Gasteiger partial charge on any atom is -0.303 e. The molecule has 0 bridgehead atoms. The van der Waals surface area contributed by atoms with Crippen molar-refractivity contribution in [2.75, 3.05) is 6.54 Å². The Morgan fingerprint density at radius 2 is 1.80 bits per heavy atom. The Morgan fingerprint density at radius 1 is 1.10 bits per heavy atom. The van der Waals surface area contributed by atoms with Gasteiger partial charge in [-0.3, -0.25) is 4.90 Å². The third-order valence-electron chi connectivity index (χ3n) is 3.27. The maximum atomic E-state index is 6.22. The van der Waals surface area contributed by atoms with Crippen molar-refractivity contribution in [3.63, 3.8) is 0 Å². The monoisotopic (exact) mass is 394 g/mol. The standard InChI is InChI=1S/C12H10BrCl3N4/c13-12-18-17-11-6-19(1-2-20(11)12)5-8-9(15)3-7(14)4-10(8)16/h3-4H,1-2,5-6H2. The highest BCUT2D eigenvalue weighted by Crippen LogP contribution is 2.30. The number of nitrogens with zero attached hydrogens (tertiary/aromatic N) is 4. The van der Waals surface area contributed by atoms with Gasteiger partial charge in [0.25, 0.3) is 0 Å². The Kier molecular flexibility index (Phi) is 4.24. The van der Waals surface area contributed by atoms with E-state index in [9.17, 15) is 0 Å². The molecule has 0 unspecified atom stereocenters. The largest absolute Gasteiger partial charge is 0.303 e. The van der Waals surface area contributed by atoms with Crippen molar-refractivity contribution >= 4 is 50.7 Å². The molecule has 0 saturated carbocycles. The van der Waals surface area contributed by atoms with Crippen molar-refractivity contribution in [2.24, 2.45) is 0 Å². The van der Waals surface area contributed by atoms with Crippen LogP contribution in [0.3, 0.4) is 0 Å². The van der Waals surface area contributed by atoms with Crippen molar-refractivity contribution in [3.8, 4) is 0 Å². The molecule has 0 radical (unpaired) electrons. The Labute approximate surface area is 139 Å². The summed E-state index contributed by atoms with van der Waals surface area (Å²) in [6.07, 6.45) is 0. The number of hydrogen-bond acceptors (Lipinski definition) is 3. The molecule has 1 aromatic heterocycles. The molecule has 1 aliphatic rings. The van der Waals surface area contributed by atoms with Crippen molar-refractivity contribution in [2.45, 2.75) is 19.6 Å². The highest BCUT2D eigenvalue weighted by molar-refractivity contribution is 9.10. The van der Waals surface area contributed by atoms with Crippen molar-refractivity contribution in [3.05, 3.63) is 43.3 Å². The molecule has 0 N–H and O–H groups in total. The molecule has 0 saturated heterocycles. The summed E-state index contributed by atoms with van der Waals surface area (Å²) in [5.41, 5.74) is 0.893. The zero-order valence-corrected chi connectivity index (χ0v) is 14.1. The molecule has 2 aromatic rings. The lowest BCUT2D eigenvalue weighted by atomic mass is 10.2. The number of halogens is 4. The molecule has 4 nitrogen and oxygen atoms in total. The number of hydrogen-bond donors (Lipinski definition) is 0. The van der Waals surface area contributed by atoms with E-state index in [2.05, 4.69) is 35.6 Å². The molecule has 1 aromatic carbocycles. The van der Waals surface area contributed by atoms with Gasteiger partial charge in [0.05, 0.1) is 6.54 Å². The van der Waals surface area contributed by atoms with Crippen LogP contribution in [0.15, 0.2) is 16.9 Å². The van der Waals surface area contributed by atoms with Crippen LogP contribution >= 0.6 is 50.7 Å². The van der Waals surface area contributed by atoms with E-state index in [1.165, 1.54) is 0 Å². The molecule has 0 aliphatic carbocycles. The van der Waals surface area contributed by atoms with E-state index in [0.29, 0.717) is 28.2 Å². The van der Waals surface area contributed by atoms with E-state index in [4.69, 9.17) is 34.8 Å². The number of fused-ring (bicyclic) bond motifs is 1. The van der Waals surface area contributed by atoms with Crippen LogP contribution in [-0.4, -0.2) is 26.2 Å². The van der Waals surface area contributed by atoms with E-state index in [-0.39, 0.29) is 0 Å². The molecule has 1 aliphatic heterocycles. The van der Waals surface area contributed by atoms with Crippen LogP contribution in [0.2, 0.25) is 15.1 Å². The first-order valence-corrected chi connectivity index (χ1v) is 7.90. The fraction of sp³-hybridized carbons (Fsp3) is 0.333. The van der Waals surface area contributed by atoms with Crippen molar-refractivity contribution in [1.29, 1.82) is 0 Å². The third-order valence-corrected chi connectivity index (χ3v) is 4.75. The zero-order valence-electron chi connectivity index (χ0n) is 10.3. The fourth-order valence-electron chi connectivity index (χ4n) is 2.25. The first-order chi connectivity index (χ1) is 9.54. The number of rotatable bonds is 2. The lowest BCUT2D eigenvalue weighted by molar-refractivity contribution is 0.208. The lowest BCUT2D eigenvalue weighted by Gasteiger charge is -2.27. The normalized spacial score (nSPS) is 15.4. The summed E-state index contributed by atoms with van der Waals surface area (Å²) in [5.74, 6) is 0.935. The molecule has 8 heteroatoms. The summed E-state index contributed by atoms with van der Waals surface area (Å²) in [4.78, 5) is 2.23. The maximum Gasteiger partial charge on any atom is 0.200 e. The SMILES string of the molecule is Clc1cc(Cl)c(CN2CCn3c(Br)nnc3C2)c(Cl)c1. The molecule has 0 fully saturated rings. The van der Waals surface area contributed by atoms with Gasteiger partial charge in [-0.25, -0.2) is 0 Å². The molecule has 0 amide bonds. The van der Waals surface area contributed by atoms with Crippen LogP contribution in [0, 0.1) is 0 Å². The van der Waals surface area contributed by atoms with E-state index in [0.717, 1.165) is 29.2 Å². The summed E-state index contributed by atoms with van der Waals surface area (Å²) < 4.78 is 2.83. The summed E-state index contributed by atoms with van der Waals surface area (Å²) >= 11 is 21.8. The zero-order chi connectivity index (χ0) is 14.3. The smallest absolute Gasteiger partial charge is 0.200 e. The van der Waals surface area contributed by atoms with Crippen LogP contribution in [-0.2, 0) is 19.6 Å². The molecule has 20 heavy (non-hydrogen) atoms. The summed E-state index contributed by atoms with van der Waals surface area (Å²) in [6.45, 7) is 3.11. The predicted molar refractivity (Wildman–Crippen MR) is 83.3 cm³/mol.